The van der Waals surface area contributed by atoms with E-state index >= 15 is 0 Å². The van der Waals surface area contributed by atoms with Gasteiger partial charge in [0.05, 0.1) is 18.8 Å². The molecule has 1 fully saturated rings. The Morgan fingerprint density at radius 1 is 1.05 bits per heavy atom. The van der Waals surface area contributed by atoms with Crippen molar-refractivity contribution in [2.75, 3.05) is 26.3 Å². The van der Waals surface area contributed by atoms with Crippen molar-refractivity contribution in [2.45, 2.75) is 6.54 Å². The highest BCUT2D eigenvalue weighted by atomic mass is 16.5. The molecule has 0 aromatic heterocycles. The highest BCUT2D eigenvalue weighted by molar-refractivity contribution is 5.89. The Balaban J connectivity index is 1.73. The van der Waals surface area contributed by atoms with Crippen LogP contribution in [0, 0.1) is 0 Å². The first-order chi connectivity index (χ1) is 10.7. The molecule has 0 atom stereocenters. The number of benzene rings is 2. The van der Waals surface area contributed by atoms with E-state index in [0.717, 1.165) is 44.0 Å². The summed E-state index contributed by atoms with van der Waals surface area (Å²) in [5.74, 6) is -0.897. The highest BCUT2D eigenvalue weighted by Crippen LogP contribution is 2.21. The molecule has 0 aliphatic carbocycles. The van der Waals surface area contributed by atoms with Crippen molar-refractivity contribution < 1.29 is 14.6 Å². The zero-order valence-corrected chi connectivity index (χ0v) is 12.4. The number of hydrogen-bond donors (Lipinski definition) is 1. The summed E-state index contributed by atoms with van der Waals surface area (Å²) in [5, 5.41) is 9.07. The van der Waals surface area contributed by atoms with Crippen molar-refractivity contribution in [1.29, 1.82) is 0 Å². The second kappa shape index (κ2) is 6.73. The molecule has 1 N–H and O–H groups in total. The van der Waals surface area contributed by atoms with Gasteiger partial charge in [0.15, 0.2) is 0 Å². The number of rotatable bonds is 4. The third kappa shape index (κ3) is 3.53. The fourth-order valence-electron chi connectivity index (χ4n) is 2.65. The molecule has 1 heterocycles. The van der Waals surface area contributed by atoms with Crippen LogP contribution in [-0.2, 0) is 11.3 Å². The van der Waals surface area contributed by atoms with E-state index in [0.29, 0.717) is 5.56 Å². The van der Waals surface area contributed by atoms with Crippen molar-refractivity contribution in [3.63, 3.8) is 0 Å². The van der Waals surface area contributed by atoms with Gasteiger partial charge in [0.25, 0.3) is 0 Å². The van der Waals surface area contributed by atoms with Crippen LogP contribution >= 0.6 is 0 Å². The number of carbonyl (C=O) groups is 1. The first kappa shape index (κ1) is 14.8. The quantitative estimate of drug-likeness (QED) is 0.942. The van der Waals surface area contributed by atoms with Gasteiger partial charge in [-0.25, -0.2) is 4.79 Å². The van der Waals surface area contributed by atoms with Gasteiger partial charge < -0.3 is 9.84 Å². The minimum Gasteiger partial charge on any atom is -0.478 e. The van der Waals surface area contributed by atoms with Crippen LogP contribution < -0.4 is 0 Å². The number of carboxylic acids is 1. The topological polar surface area (TPSA) is 49.8 Å². The van der Waals surface area contributed by atoms with Crippen LogP contribution in [0.1, 0.15) is 15.9 Å². The van der Waals surface area contributed by atoms with Crippen LogP contribution in [0.2, 0.25) is 0 Å². The molecule has 4 heteroatoms. The molecule has 4 nitrogen and oxygen atoms in total. The molecule has 2 aromatic rings. The summed E-state index contributed by atoms with van der Waals surface area (Å²) in [6.45, 7) is 4.49. The smallest absolute Gasteiger partial charge is 0.335 e. The maximum Gasteiger partial charge on any atom is 0.335 e. The summed E-state index contributed by atoms with van der Waals surface area (Å²) in [5.41, 5.74) is 3.54. The molecule has 0 unspecified atom stereocenters. The molecular weight excluding hydrogens is 278 g/mol. The Morgan fingerprint density at radius 3 is 2.45 bits per heavy atom. The van der Waals surface area contributed by atoms with E-state index in [2.05, 4.69) is 29.2 Å². The fraction of sp³-hybridized carbons (Fsp3) is 0.278. The molecule has 3 rings (SSSR count). The number of carboxylic acid groups (broad SMARTS) is 1. The van der Waals surface area contributed by atoms with E-state index in [1.54, 1.807) is 18.2 Å². The van der Waals surface area contributed by atoms with Gasteiger partial charge >= 0.3 is 5.97 Å². The Labute approximate surface area is 130 Å². The van der Waals surface area contributed by atoms with Gasteiger partial charge in [-0.2, -0.15) is 0 Å². The molecule has 0 saturated carbocycles. The van der Waals surface area contributed by atoms with Crippen LogP contribution in [0.4, 0.5) is 0 Å². The third-order valence-corrected chi connectivity index (χ3v) is 3.91. The maximum atomic E-state index is 11.0. The van der Waals surface area contributed by atoms with Gasteiger partial charge in [-0.05, 0) is 28.8 Å². The molecule has 0 spiro atoms. The van der Waals surface area contributed by atoms with E-state index in [1.165, 1.54) is 5.56 Å². The third-order valence-electron chi connectivity index (χ3n) is 3.91. The van der Waals surface area contributed by atoms with E-state index in [9.17, 15) is 4.79 Å². The van der Waals surface area contributed by atoms with Crippen LogP contribution in [-0.4, -0.2) is 42.3 Å². The zero-order valence-electron chi connectivity index (χ0n) is 12.4. The average molecular weight is 297 g/mol. The second-order valence-corrected chi connectivity index (χ2v) is 5.47. The lowest BCUT2D eigenvalue weighted by Gasteiger charge is -2.26. The lowest BCUT2D eigenvalue weighted by molar-refractivity contribution is 0.0342. The first-order valence-corrected chi connectivity index (χ1v) is 7.45. The molecule has 0 radical (unpaired) electrons. The summed E-state index contributed by atoms with van der Waals surface area (Å²) >= 11 is 0. The Morgan fingerprint density at radius 2 is 1.77 bits per heavy atom. The zero-order chi connectivity index (χ0) is 15.4. The molecule has 114 valence electrons. The van der Waals surface area contributed by atoms with Crippen molar-refractivity contribution in [1.82, 2.24) is 4.90 Å². The molecule has 2 aromatic carbocycles. The van der Waals surface area contributed by atoms with Crippen LogP contribution in [0.5, 0.6) is 0 Å². The summed E-state index contributed by atoms with van der Waals surface area (Å²) < 4.78 is 5.36. The van der Waals surface area contributed by atoms with E-state index in [1.807, 2.05) is 6.07 Å². The largest absolute Gasteiger partial charge is 0.478 e. The van der Waals surface area contributed by atoms with Crippen molar-refractivity contribution >= 4 is 5.97 Å². The van der Waals surface area contributed by atoms with Crippen molar-refractivity contribution in [2.24, 2.45) is 0 Å². The Hall–Kier alpha value is -2.17. The normalized spacial score (nSPS) is 15.6. The minimum atomic E-state index is -0.897. The summed E-state index contributed by atoms with van der Waals surface area (Å²) in [6.07, 6.45) is 0. The van der Waals surface area contributed by atoms with Gasteiger partial charge in [-0.1, -0.05) is 36.4 Å². The van der Waals surface area contributed by atoms with Gasteiger partial charge in [0, 0.05) is 19.6 Å². The summed E-state index contributed by atoms with van der Waals surface area (Å²) in [6, 6.07) is 15.4. The number of morpholine rings is 1. The predicted octanol–water partition coefficient (Wildman–Crippen LogP) is 2.88. The molecule has 1 aliphatic heterocycles. The molecule has 0 amide bonds. The Bertz CT molecular complexity index is 646. The van der Waals surface area contributed by atoms with Crippen LogP contribution in [0.25, 0.3) is 11.1 Å². The standard InChI is InChI=1S/C18H19NO3/c20-18(21)17-3-1-2-16(12-17)15-6-4-14(5-7-15)13-19-8-10-22-11-9-19/h1-7,12H,8-11,13H2,(H,20,21). The van der Waals surface area contributed by atoms with Gasteiger partial charge in [0.1, 0.15) is 0 Å². The van der Waals surface area contributed by atoms with Crippen LogP contribution in [0.3, 0.4) is 0 Å². The first-order valence-electron chi connectivity index (χ1n) is 7.45. The number of aromatic carboxylic acids is 1. The minimum absolute atomic E-state index is 0.315. The van der Waals surface area contributed by atoms with Crippen molar-refractivity contribution in [3.8, 4) is 11.1 Å². The van der Waals surface area contributed by atoms with E-state index in [4.69, 9.17) is 9.84 Å². The molecule has 22 heavy (non-hydrogen) atoms. The van der Waals surface area contributed by atoms with Gasteiger partial charge in [-0.15, -0.1) is 0 Å². The highest BCUT2D eigenvalue weighted by Gasteiger charge is 2.10. The SMILES string of the molecule is O=C(O)c1cccc(-c2ccc(CN3CCOCC3)cc2)c1. The van der Waals surface area contributed by atoms with E-state index < -0.39 is 5.97 Å². The second-order valence-electron chi connectivity index (χ2n) is 5.47. The average Bonchev–Trinajstić information content (AvgIpc) is 2.56. The molecule has 1 aliphatic rings. The molecular formula is C18H19NO3. The van der Waals surface area contributed by atoms with Gasteiger partial charge in [-0.3, -0.25) is 4.90 Å². The lowest BCUT2D eigenvalue weighted by Crippen LogP contribution is -2.35. The number of nitrogens with zero attached hydrogens (tertiary/aromatic N) is 1. The maximum absolute atomic E-state index is 11.0. The van der Waals surface area contributed by atoms with Crippen molar-refractivity contribution in [3.05, 3.63) is 59.7 Å². The Kier molecular flexibility index (Phi) is 4.51. The van der Waals surface area contributed by atoms with Crippen LogP contribution in [0.15, 0.2) is 48.5 Å². The van der Waals surface area contributed by atoms with Gasteiger partial charge in [0.2, 0.25) is 0 Å². The molecule has 0 bridgehead atoms. The number of ether oxygens (including phenoxy) is 1. The van der Waals surface area contributed by atoms with E-state index in [-0.39, 0.29) is 0 Å². The summed E-state index contributed by atoms with van der Waals surface area (Å²) in [7, 11) is 0. The molecule has 1 saturated heterocycles. The fourth-order valence-corrected chi connectivity index (χ4v) is 2.65. The predicted molar refractivity (Wildman–Crippen MR) is 84.9 cm³/mol. The monoisotopic (exact) mass is 297 g/mol. The summed E-state index contributed by atoms with van der Waals surface area (Å²) in [4.78, 5) is 13.4. The lowest BCUT2D eigenvalue weighted by atomic mass is 10.0. The number of hydrogen-bond acceptors (Lipinski definition) is 3.